The van der Waals surface area contributed by atoms with E-state index in [2.05, 4.69) is 19.2 Å². The number of rotatable bonds is 5. The van der Waals surface area contributed by atoms with E-state index in [0.29, 0.717) is 12.5 Å². The summed E-state index contributed by atoms with van der Waals surface area (Å²) in [7, 11) is 0. The lowest BCUT2D eigenvalue weighted by molar-refractivity contribution is -0.124. The summed E-state index contributed by atoms with van der Waals surface area (Å²) in [6.07, 6.45) is 3.05. The molecule has 0 bridgehead atoms. The van der Waals surface area contributed by atoms with Crippen molar-refractivity contribution >= 4 is 5.91 Å². The third kappa shape index (κ3) is 3.29. The molecule has 1 aliphatic carbocycles. The quantitative estimate of drug-likeness (QED) is 0.699. The molecule has 0 heterocycles. The van der Waals surface area contributed by atoms with Crippen LogP contribution in [0.3, 0.4) is 0 Å². The molecular weight excluding hydrogens is 176 g/mol. The van der Waals surface area contributed by atoms with Gasteiger partial charge in [-0.1, -0.05) is 13.8 Å². The van der Waals surface area contributed by atoms with E-state index in [9.17, 15) is 4.79 Å². The first-order valence-corrected chi connectivity index (χ1v) is 5.49. The van der Waals surface area contributed by atoms with Gasteiger partial charge in [-0.15, -0.1) is 0 Å². The normalized spacial score (nSPS) is 20.6. The molecule has 3 heteroatoms. The molecule has 0 aromatic rings. The first-order chi connectivity index (χ1) is 6.47. The SMILES string of the molecule is CC(C)CC(C)(CN)NC(=O)C1CC1. The molecule has 3 N–H and O–H groups in total. The van der Waals surface area contributed by atoms with E-state index >= 15 is 0 Å². The van der Waals surface area contributed by atoms with Gasteiger partial charge in [-0.05, 0) is 32.1 Å². The fourth-order valence-electron chi connectivity index (χ4n) is 1.83. The van der Waals surface area contributed by atoms with E-state index in [-0.39, 0.29) is 17.4 Å². The van der Waals surface area contributed by atoms with Crippen molar-refractivity contribution in [3.05, 3.63) is 0 Å². The van der Waals surface area contributed by atoms with Gasteiger partial charge in [0.1, 0.15) is 0 Å². The van der Waals surface area contributed by atoms with Crippen LogP contribution in [0.15, 0.2) is 0 Å². The van der Waals surface area contributed by atoms with Crippen LogP contribution < -0.4 is 11.1 Å². The van der Waals surface area contributed by atoms with Crippen LogP contribution >= 0.6 is 0 Å². The van der Waals surface area contributed by atoms with E-state index in [1.165, 1.54) is 0 Å². The number of nitrogens with one attached hydrogen (secondary N) is 1. The molecule has 0 radical (unpaired) electrons. The predicted octanol–water partition coefficient (Wildman–Crippen LogP) is 1.28. The summed E-state index contributed by atoms with van der Waals surface area (Å²) >= 11 is 0. The van der Waals surface area contributed by atoms with Crippen molar-refractivity contribution in [2.75, 3.05) is 6.54 Å². The van der Waals surface area contributed by atoms with Crippen LogP contribution in [-0.2, 0) is 4.79 Å². The molecule has 0 saturated heterocycles. The predicted molar refractivity (Wildman–Crippen MR) is 57.8 cm³/mol. The lowest BCUT2D eigenvalue weighted by Gasteiger charge is -2.31. The zero-order chi connectivity index (χ0) is 10.8. The molecule has 1 atom stereocenters. The molecule has 14 heavy (non-hydrogen) atoms. The highest BCUT2D eigenvalue weighted by Gasteiger charge is 2.34. The first kappa shape index (κ1) is 11.5. The first-order valence-electron chi connectivity index (χ1n) is 5.49. The smallest absolute Gasteiger partial charge is 0.223 e. The molecule has 1 saturated carbocycles. The minimum Gasteiger partial charge on any atom is -0.349 e. The Morgan fingerprint density at radius 1 is 1.57 bits per heavy atom. The molecule has 0 aliphatic heterocycles. The maximum absolute atomic E-state index is 11.6. The molecule has 82 valence electrons. The summed E-state index contributed by atoms with van der Waals surface area (Å²) in [6, 6.07) is 0. The van der Waals surface area contributed by atoms with Crippen LogP contribution in [0.5, 0.6) is 0 Å². The number of carbonyl (C=O) groups is 1. The molecular formula is C11H22N2O. The van der Waals surface area contributed by atoms with Crippen molar-refractivity contribution in [3.8, 4) is 0 Å². The molecule has 0 spiro atoms. The molecule has 1 rings (SSSR count). The van der Waals surface area contributed by atoms with Crippen molar-refractivity contribution in [1.29, 1.82) is 0 Å². The van der Waals surface area contributed by atoms with Crippen LogP contribution in [0.1, 0.15) is 40.0 Å². The Kier molecular flexibility index (Phi) is 3.53. The second-order valence-corrected chi connectivity index (χ2v) is 5.13. The van der Waals surface area contributed by atoms with Gasteiger partial charge in [-0.3, -0.25) is 4.79 Å². The number of hydrogen-bond acceptors (Lipinski definition) is 2. The van der Waals surface area contributed by atoms with E-state index in [1.807, 2.05) is 6.92 Å². The van der Waals surface area contributed by atoms with Gasteiger partial charge in [-0.25, -0.2) is 0 Å². The highest BCUT2D eigenvalue weighted by Crippen LogP contribution is 2.30. The van der Waals surface area contributed by atoms with Gasteiger partial charge in [0.25, 0.3) is 0 Å². The number of hydrogen-bond donors (Lipinski definition) is 2. The maximum Gasteiger partial charge on any atom is 0.223 e. The van der Waals surface area contributed by atoms with Gasteiger partial charge in [0.15, 0.2) is 0 Å². The third-order valence-electron chi connectivity index (χ3n) is 2.68. The standard InChI is InChI=1S/C11H22N2O/c1-8(2)6-11(3,7-12)13-10(14)9-4-5-9/h8-9H,4-7,12H2,1-3H3,(H,13,14). The van der Waals surface area contributed by atoms with Crippen LogP contribution in [0.25, 0.3) is 0 Å². The van der Waals surface area contributed by atoms with Gasteiger partial charge < -0.3 is 11.1 Å². The summed E-state index contributed by atoms with van der Waals surface area (Å²) in [5.41, 5.74) is 5.50. The molecule has 1 fully saturated rings. The molecule has 3 nitrogen and oxygen atoms in total. The van der Waals surface area contributed by atoms with E-state index < -0.39 is 0 Å². The molecule has 0 aromatic carbocycles. The Morgan fingerprint density at radius 2 is 2.14 bits per heavy atom. The minimum absolute atomic E-state index is 0.193. The highest BCUT2D eigenvalue weighted by molar-refractivity contribution is 5.81. The topological polar surface area (TPSA) is 55.1 Å². The van der Waals surface area contributed by atoms with Crippen molar-refractivity contribution in [2.24, 2.45) is 17.6 Å². The molecule has 1 aliphatic rings. The Balaban J connectivity index is 2.46. The highest BCUT2D eigenvalue weighted by atomic mass is 16.2. The zero-order valence-corrected chi connectivity index (χ0v) is 9.47. The van der Waals surface area contributed by atoms with Crippen molar-refractivity contribution in [1.82, 2.24) is 5.32 Å². The summed E-state index contributed by atoms with van der Waals surface area (Å²) in [5.74, 6) is 1.02. The summed E-state index contributed by atoms with van der Waals surface area (Å²) < 4.78 is 0. The van der Waals surface area contributed by atoms with Gasteiger partial charge in [-0.2, -0.15) is 0 Å². The molecule has 1 amide bonds. The van der Waals surface area contributed by atoms with Crippen molar-refractivity contribution in [3.63, 3.8) is 0 Å². The molecule has 0 aromatic heterocycles. The Morgan fingerprint density at radius 3 is 2.50 bits per heavy atom. The average Bonchev–Trinajstić information content (AvgIpc) is 2.84. The van der Waals surface area contributed by atoms with Crippen LogP contribution in [0.4, 0.5) is 0 Å². The summed E-state index contributed by atoms with van der Waals surface area (Å²) in [4.78, 5) is 11.6. The van der Waals surface area contributed by atoms with E-state index in [4.69, 9.17) is 5.73 Å². The fourth-order valence-corrected chi connectivity index (χ4v) is 1.83. The third-order valence-corrected chi connectivity index (χ3v) is 2.68. The van der Waals surface area contributed by atoms with Crippen LogP contribution in [-0.4, -0.2) is 18.0 Å². The lowest BCUT2D eigenvalue weighted by atomic mass is 9.90. The van der Waals surface area contributed by atoms with E-state index in [1.54, 1.807) is 0 Å². The van der Waals surface area contributed by atoms with Gasteiger partial charge in [0.2, 0.25) is 5.91 Å². The second-order valence-electron chi connectivity index (χ2n) is 5.13. The number of carbonyl (C=O) groups excluding carboxylic acids is 1. The van der Waals surface area contributed by atoms with Crippen LogP contribution in [0, 0.1) is 11.8 Å². The fraction of sp³-hybridized carbons (Fsp3) is 0.909. The van der Waals surface area contributed by atoms with Crippen molar-refractivity contribution < 1.29 is 4.79 Å². The second kappa shape index (κ2) is 4.30. The van der Waals surface area contributed by atoms with Gasteiger partial charge >= 0.3 is 0 Å². The zero-order valence-electron chi connectivity index (χ0n) is 9.47. The lowest BCUT2D eigenvalue weighted by Crippen LogP contribution is -2.52. The summed E-state index contributed by atoms with van der Waals surface area (Å²) in [6.45, 7) is 6.85. The average molecular weight is 198 g/mol. The number of nitrogens with two attached hydrogens (primary N) is 1. The Labute approximate surface area is 86.4 Å². The summed E-state index contributed by atoms with van der Waals surface area (Å²) in [5, 5.41) is 3.07. The van der Waals surface area contributed by atoms with Crippen LogP contribution in [0.2, 0.25) is 0 Å². The monoisotopic (exact) mass is 198 g/mol. The largest absolute Gasteiger partial charge is 0.349 e. The minimum atomic E-state index is -0.214. The van der Waals surface area contributed by atoms with E-state index in [0.717, 1.165) is 19.3 Å². The van der Waals surface area contributed by atoms with Gasteiger partial charge in [0, 0.05) is 18.0 Å². The number of amides is 1. The molecule has 1 unspecified atom stereocenters. The van der Waals surface area contributed by atoms with Gasteiger partial charge in [0.05, 0.1) is 0 Å². The Hall–Kier alpha value is -0.570. The van der Waals surface area contributed by atoms with Crippen molar-refractivity contribution in [2.45, 2.75) is 45.6 Å². The maximum atomic E-state index is 11.6. The Bertz CT molecular complexity index is 211.